The highest BCUT2D eigenvalue weighted by atomic mass is 16.5. The first-order valence-corrected chi connectivity index (χ1v) is 5.87. The van der Waals surface area contributed by atoms with E-state index in [1.807, 2.05) is 13.0 Å². The summed E-state index contributed by atoms with van der Waals surface area (Å²) in [5.74, 6) is -0.806. The average molecular weight is 247 g/mol. The van der Waals surface area contributed by atoms with E-state index < -0.39 is 13.1 Å². The molecule has 0 unspecified atom stereocenters. The van der Waals surface area contributed by atoms with Crippen molar-refractivity contribution in [2.24, 2.45) is 4.99 Å². The minimum absolute atomic E-state index is 0.0726. The third-order valence-electron chi connectivity index (χ3n) is 2.81. The van der Waals surface area contributed by atoms with Gasteiger partial charge in [-0.15, -0.1) is 0 Å². The fraction of sp³-hybridized carbons (Fsp3) is 0.333. The second-order valence-electron chi connectivity index (χ2n) is 4.06. The quantitative estimate of drug-likeness (QED) is 0.622. The molecule has 0 atom stereocenters. The lowest BCUT2D eigenvalue weighted by Gasteiger charge is -2.22. The first-order chi connectivity index (χ1) is 8.63. The largest absolute Gasteiger partial charge is 0.535 e. The van der Waals surface area contributed by atoms with Gasteiger partial charge in [-0.1, -0.05) is 12.1 Å². The number of carbonyl (C=O) groups is 1. The molecule has 5 nitrogen and oxygen atoms in total. The molecule has 2 N–H and O–H groups in total. The molecule has 6 heteroatoms. The third kappa shape index (κ3) is 2.38. The number of hydrogen-bond donors (Lipinski definition) is 2. The van der Waals surface area contributed by atoms with Crippen molar-refractivity contribution in [1.82, 2.24) is 0 Å². The van der Waals surface area contributed by atoms with Gasteiger partial charge in [0.1, 0.15) is 11.3 Å². The zero-order valence-electron chi connectivity index (χ0n) is 10.1. The number of rotatable bonds is 3. The number of carboxylic acid groups (broad SMARTS) is 1. The van der Waals surface area contributed by atoms with Crippen LogP contribution in [0.2, 0.25) is 6.32 Å². The lowest BCUT2D eigenvalue weighted by atomic mass is 9.78. The molecule has 0 saturated carbocycles. The van der Waals surface area contributed by atoms with Crippen LogP contribution in [0.25, 0.3) is 0 Å². The second-order valence-corrected chi connectivity index (χ2v) is 4.06. The number of nitrogens with zero attached hydrogens (tertiary/aromatic N) is 1. The van der Waals surface area contributed by atoms with Crippen LogP contribution in [0.3, 0.4) is 0 Å². The SMILES string of the molecule is CCN=Cc1ccc2c(c1C(=O)O)OB(O)CC2. The Kier molecular flexibility index (Phi) is 3.67. The van der Waals surface area contributed by atoms with E-state index in [2.05, 4.69) is 4.99 Å². The maximum absolute atomic E-state index is 11.3. The van der Waals surface area contributed by atoms with Crippen molar-refractivity contribution >= 4 is 19.3 Å². The topological polar surface area (TPSA) is 79.1 Å². The van der Waals surface area contributed by atoms with Crippen LogP contribution in [0.15, 0.2) is 17.1 Å². The summed E-state index contributed by atoms with van der Waals surface area (Å²) in [6, 6.07) is 3.55. The minimum Gasteiger partial charge on any atom is -0.535 e. The molecule has 0 radical (unpaired) electrons. The zero-order chi connectivity index (χ0) is 13.1. The molecule has 1 heterocycles. The van der Waals surface area contributed by atoms with Crippen LogP contribution in [-0.4, -0.2) is 36.0 Å². The molecule has 1 aromatic carbocycles. The van der Waals surface area contributed by atoms with E-state index in [-0.39, 0.29) is 11.3 Å². The molecule has 0 aromatic heterocycles. The smallest absolute Gasteiger partial charge is 0.522 e. The molecule has 0 fully saturated rings. The van der Waals surface area contributed by atoms with Gasteiger partial charge >= 0.3 is 13.1 Å². The van der Waals surface area contributed by atoms with Crippen LogP contribution in [0.5, 0.6) is 5.75 Å². The molecular formula is C12H14BNO4. The van der Waals surface area contributed by atoms with Gasteiger partial charge in [0.2, 0.25) is 0 Å². The Labute approximate surface area is 105 Å². The van der Waals surface area contributed by atoms with E-state index in [0.717, 1.165) is 5.56 Å². The van der Waals surface area contributed by atoms with Gasteiger partial charge in [0.15, 0.2) is 0 Å². The minimum atomic E-state index is -1.07. The van der Waals surface area contributed by atoms with Crippen LogP contribution >= 0.6 is 0 Å². The average Bonchev–Trinajstić information content (AvgIpc) is 2.34. The number of carboxylic acids is 1. The third-order valence-corrected chi connectivity index (χ3v) is 2.81. The van der Waals surface area contributed by atoms with Crippen LogP contribution in [0.4, 0.5) is 0 Å². The first-order valence-electron chi connectivity index (χ1n) is 5.87. The van der Waals surface area contributed by atoms with Crippen molar-refractivity contribution in [3.05, 3.63) is 28.8 Å². The van der Waals surface area contributed by atoms with Crippen molar-refractivity contribution in [3.8, 4) is 5.75 Å². The van der Waals surface area contributed by atoms with E-state index >= 15 is 0 Å². The van der Waals surface area contributed by atoms with Crippen molar-refractivity contribution in [2.75, 3.05) is 6.54 Å². The zero-order valence-corrected chi connectivity index (χ0v) is 10.1. The Morgan fingerprint density at radius 3 is 3.06 bits per heavy atom. The van der Waals surface area contributed by atoms with Crippen molar-refractivity contribution < 1.29 is 19.6 Å². The lowest BCUT2D eigenvalue weighted by Crippen LogP contribution is -2.28. The van der Waals surface area contributed by atoms with Gasteiger partial charge in [-0.25, -0.2) is 4.79 Å². The molecule has 0 aliphatic carbocycles. The summed E-state index contributed by atoms with van der Waals surface area (Å²) in [6.45, 7) is 2.45. The Morgan fingerprint density at radius 1 is 1.61 bits per heavy atom. The van der Waals surface area contributed by atoms with E-state index in [1.54, 1.807) is 6.07 Å². The lowest BCUT2D eigenvalue weighted by molar-refractivity contribution is 0.0694. The molecule has 0 saturated heterocycles. The van der Waals surface area contributed by atoms with Gasteiger partial charge < -0.3 is 14.8 Å². The van der Waals surface area contributed by atoms with Gasteiger partial charge in [-0.05, 0) is 25.2 Å². The Balaban J connectivity index is 2.53. The molecule has 2 rings (SSSR count). The van der Waals surface area contributed by atoms with E-state index in [4.69, 9.17) is 4.65 Å². The highest BCUT2D eigenvalue weighted by Crippen LogP contribution is 2.32. The maximum atomic E-state index is 11.3. The fourth-order valence-corrected chi connectivity index (χ4v) is 1.96. The van der Waals surface area contributed by atoms with E-state index in [1.165, 1.54) is 6.21 Å². The molecular weight excluding hydrogens is 233 g/mol. The number of aliphatic imine (C=N–C) groups is 1. The summed E-state index contributed by atoms with van der Waals surface area (Å²) in [6.07, 6.45) is 2.62. The summed E-state index contributed by atoms with van der Waals surface area (Å²) in [4.78, 5) is 15.4. The number of hydrogen-bond acceptors (Lipinski definition) is 4. The van der Waals surface area contributed by atoms with E-state index in [0.29, 0.717) is 24.8 Å². The standard InChI is InChI=1S/C12H14BNO4/c1-2-14-7-9-4-3-8-5-6-13(17)18-11(8)10(9)12(15)16/h3-4,7,17H,2,5-6H2,1H3,(H,15,16). The Morgan fingerprint density at radius 2 is 2.39 bits per heavy atom. The molecule has 0 spiro atoms. The van der Waals surface area contributed by atoms with E-state index in [9.17, 15) is 14.9 Å². The maximum Gasteiger partial charge on any atom is 0.522 e. The van der Waals surface area contributed by atoms with Crippen molar-refractivity contribution in [2.45, 2.75) is 19.7 Å². The predicted molar refractivity (Wildman–Crippen MR) is 68.6 cm³/mol. The summed E-state index contributed by atoms with van der Waals surface area (Å²) in [5, 5.41) is 18.8. The van der Waals surface area contributed by atoms with Gasteiger partial charge in [0, 0.05) is 18.3 Å². The van der Waals surface area contributed by atoms with Crippen LogP contribution in [-0.2, 0) is 6.42 Å². The molecule has 0 amide bonds. The van der Waals surface area contributed by atoms with Crippen molar-refractivity contribution in [1.29, 1.82) is 0 Å². The molecule has 1 aliphatic rings. The summed E-state index contributed by atoms with van der Waals surface area (Å²) in [7, 11) is -0.936. The Hall–Kier alpha value is -1.82. The van der Waals surface area contributed by atoms with Gasteiger partial charge in [-0.3, -0.25) is 4.99 Å². The second kappa shape index (κ2) is 5.22. The normalized spacial score (nSPS) is 14.4. The number of aryl methyl sites for hydroxylation is 1. The Bertz CT molecular complexity index is 501. The van der Waals surface area contributed by atoms with Crippen LogP contribution < -0.4 is 4.65 Å². The van der Waals surface area contributed by atoms with Crippen LogP contribution in [0, 0.1) is 0 Å². The number of aromatic carboxylic acids is 1. The fourth-order valence-electron chi connectivity index (χ4n) is 1.96. The molecule has 1 aromatic rings. The molecule has 18 heavy (non-hydrogen) atoms. The molecule has 0 bridgehead atoms. The monoisotopic (exact) mass is 247 g/mol. The predicted octanol–water partition coefficient (Wildman–Crippen LogP) is 1.24. The van der Waals surface area contributed by atoms with Crippen molar-refractivity contribution in [3.63, 3.8) is 0 Å². The van der Waals surface area contributed by atoms with Gasteiger partial charge in [0.25, 0.3) is 0 Å². The summed E-state index contributed by atoms with van der Waals surface area (Å²) < 4.78 is 5.26. The molecule has 94 valence electrons. The summed E-state index contributed by atoms with van der Waals surface area (Å²) in [5.41, 5.74) is 1.38. The number of fused-ring (bicyclic) bond motifs is 1. The van der Waals surface area contributed by atoms with Gasteiger partial charge in [-0.2, -0.15) is 0 Å². The highest BCUT2D eigenvalue weighted by Gasteiger charge is 2.28. The highest BCUT2D eigenvalue weighted by molar-refractivity contribution is 6.44. The van der Waals surface area contributed by atoms with Crippen LogP contribution in [0.1, 0.15) is 28.4 Å². The first kappa shape index (κ1) is 12.6. The summed E-state index contributed by atoms with van der Waals surface area (Å²) >= 11 is 0. The van der Waals surface area contributed by atoms with Gasteiger partial charge in [0.05, 0.1) is 0 Å². The number of benzene rings is 1. The molecule has 1 aliphatic heterocycles.